The molecule has 2 N–H and O–H groups in total. The average Bonchev–Trinajstić information content (AvgIpc) is 2.47. The van der Waals surface area contributed by atoms with Gasteiger partial charge in [0.2, 0.25) is 0 Å². The second-order valence-corrected chi connectivity index (χ2v) is 4.83. The van der Waals surface area contributed by atoms with Crippen molar-refractivity contribution >= 4 is 11.9 Å². The number of benzene rings is 1. The Balaban J connectivity index is 3.18. The number of carboxylic acid groups (broad SMARTS) is 2. The normalized spacial score (nSPS) is 10.3. The van der Waals surface area contributed by atoms with Gasteiger partial charge in [-0.3, -0.25) is 0 Å². The number of carboxylic acids is 2. The molecule has 1 aromatic carbocycles. The molecule has 6 nitrogen and oxygen atoms in total. The zero-order valence-corrected chi connectivity index (χ0v) is 12.9. The van der Waals surface area contributed by atoms with Gasteiger partial charge in [0.15, 0.2) is 0 Å². The van der Waals surface area contributed by atoms with E-state index in [0.29, 0.717) is 13.2 Å². The topological polar surface area (TPSA) is 93.1 Å². The van der Waals surface area contributed by atoms with Gasteiger partial charge in [0.25, 0.3) is 0 Å². The van der Waals surface area contributed by atoms with Crippen LogP contribution in [0, 0.1) is 0 Å². The highest BCUT2D eigenvalue weighted by molar-refractivity contribution is 6.05. The Morgan fingerprint density at radius 3 is 1.50 bits per heavy atom. The Bertz CT molecular complexity index is 477. The summed E-state index contributed by atoms with van der Waals surface area (Å²) in [7, 11) is 0. The minimum Gasteiger partial charge on any atom is -0.493 e. The van der Waals surface area contributed by atoms with Crippen LogP contribution >= 0.6 is 0 Å². The lowest BCUT2D eigenvalue weighted by atomic mass is 10.0. The van der Waals surface area contributed by atoms with Gasteiger partial charge >= 0.3 is 11.9 Å². The molecule has 1 rings (SSSR count). The van der Waals surface area contributed by atoms with Crippen molar-refractivity contribution in [2.75, 3.05) is 13.2 Å². The lowest BCUT2D eigenvalue weighted by Crippen LogP contribution is -2.14. The minimum absolute atomic E-state index is 0.0567. The van der Waals surface area contributed by atoms with Crippen molar-refractivity contribution in [1.29, 1.82) is 0 Å². The molecule has 122 valence electrons. The van der Waals surface area contributed by atoms with Crippen LogP contribution in [0.1, 0.15) is 60.2 Å². The highest BCUT2D eigenvalue weighted by Crippen LogP contribution is 2.31. The molecule has 0 aromatic heterocycles. The summed E-state index contributed by atoms with van der Waals surface area (Å²) >= 11 is 0. The van der Waals surface area contributed by atoms with Crippen molar-refractivity contribution in [3.05, 3.63) is 23.3 Å². The predicted molar refractivity (Wildman–Crippen MR) is 81.2 cm³/mol. The summed E-state index contributed by atoms with van der Waals surface area (Å²) in [6.07, 6.45) is 3.31. The molecule has 0 unspecified atom stereocenters. The first kappa shape index (κ1) is 17.8. The molecule has 1 aromatic rings. The molecule has 0 saturated carbocycles. The summed E-state index contributed by atoms with van der Waals surface area (Å²) in [6.45, 7) is 4.64. The van der Waals surface area contributed by atoms with E-state index < -0.39 is 11.9 Å². The first-order valence-electron chi connectivity index (χ1n) is 7.42. The molecule has 22 heavy (non-hydrogen) atoms. The van der Waals surface area contributed by atoms with Crippen LogP contribution in [0.3, 0.4) is 0 Å². The van der Waals surface area contributed by atoms with Crippen LogP contribution in [-0.2, 0) is 0 Å². The lowest BCUT2D eigenvalue weighted by Gasteiger charge is -2.15. The van der Waals surface area contributed by atoms with Gasteiger partial charge in [-0.15, -0.1) is 0 Å². The molecular formula is C16H22O6. The van der Waals surface area contributed by atoms with E-state index >= 15 is 0 Å². The average molecular weight is 310 g/mol. The Morgan fingerprint density at radius 2 is 1.23 bits per heavy atom. The van der Waals surface area contributed by atoms with E-state index in [1.807, 2.05) is 13.8 Å². The van der Waals surface area contributed by atoms with Gasteiger partial charge < -0.3 is 19.7 Å². The van der Waals surface area contributed by atoms with Crippen molar-refractivity contribution in [2.24, 2.45) is 0 Å². The number of rotatable bonds is 10. The third-order valence-electron chi connectivity index (χ3n) is 3.07. The highest BCUT2D eigenvalue weighted by Gasteiger charge is 2.26. The van der Waals surface area contributed by atoms with E-state index in [2.05, 4.69) is 0 Å². The number of hydrogen-bond acceptors (Lipinski definition) is 4. The lowest BCUT2D eigenvalue weighted by molar-refractivity contribution is 0.0643. The maximum Gasteiger partial charge on any atom is 0.340 e. The van der Waals surface area contributed by atoms with Crippen molar-refractivity contribution in [3.63, 3.8) is 0 Å². The van der Waals surface area contributed by atoms with Crippen molar-refractivity contribution in [3.8, 4) is 11.5 Å². The number of carbonyl (C=O) groups is 2. The Hall–Kier alpha value is -2.24. The summed E-state index contributed by atoms with van der Waals surface area (Å²) in [6, 6.07) is 2.90. The molecule has 0 aliphatic heterocycles. The Labute approximate surface area is 129 Å². The number of aromatic carboxylic acids is 2. The van der Waals surface area contributed by atoms with Crippen LogP contribution in [0.4, 0.5) is 0 Å². The van der Waals surface area contributed by atoms with Crippen molar-refractivity contribution < 1.29 is 29.3 Å². The molecule has 6 heteroatoms. The predicted octanol–water partition coefficient (Wildman–Crippen LogP) is 3.44. The molecule has 0 amide bonds. The second kappa shape index (κ2) is 8.92. The van der Waals surface area contributed by atoms with Crippen LogP contribution < -0.4 is 9.47 Å². The van der Waals surface area contributed by atoms with Gasteiger partial charge in [0.05, 0.1) is 13.2 Å². The third kappa shape index (κ3) is 4.65. The molecule has 0 atom stereocenters. The fourth-order valence-corrected chi connectivity index (χ4v) is 1.88. The van der Waals surface area contributed by atoms with E-state index in [1.165, 1.54) is 12.1 Å². The van der Waals surface area contributed by atoms with Gasteiger partial charge in [0, 0.05) is 0 Å². The van der Waals surface area contributed by atoms with Gasteiger partial charge in [-0.2, -0.15) is 0 Å². The van der Waals surface area contributed by atoms with Crippen molar-refractivity contribution in [2.45, 2.75) is 39.5 Å². The fourth-order valence-electron chi connectivity index (χ4n) is 1.88. The van der Waals surface area contributed by atoms with E-state index in [4.69, 9.17) is 9.47 Å². The SMILES string of the molecule is CCCCOc1ccc(OCCCC)c(C(=O)O)c1C(=O)O. The largest absolute Gasteiger partial charge is 0.493 e. The van der Waals surface area contributed by atoms with Crippen LogP contribution in [-0.4, -0.2) is 35.4 Å². The van der Waals surface area contributed by atoms with Gasteiger partial charge in [-0.05, 0) is 25.0 Å². The maximum absolute atomic E-state index is 11.5. The monoisotopic (exact) mass is 310 g/mol. The molecular weight excluding hydrogens is 288 g/mol. The van der Waals surface area contributed by atoms with Crippen LogP contribution in [0.2, 0.25) is 0 Å². The Morgan fingerprint density at radius 1 is 0.864 bits per heavy atom. The van der Waals surface area contributed by atoms with Crippen LogP contribution in [0.25, 0.3) is 0 Å². The maximum atomic E-state index is 11.5. The first-order chi connectivity index (χ1) is 10.5. The zero-order chi connectivity index (χ0) is 16.5. The van der Waals surface area contributed by atoms with Gasteiger partial charge in [-0.25, -0.2) is 9.59 Å². The summed E-state index contributed by atoms with van der Waals surface area (Å²) < 4.78 is 10.8. The highest BCUT2D eigenvalue weighted by atomic mass is 16.5. The van der Waals surface area contributed by atoms with Crippen molar-refractivity contribution in [1.82, 2.24) is 0 Å². The minimum atomic E-state index is -1.34. The molecule has 0 spiro atoms. The van der Waals surface area contributed by atoms with Gasteiger partial charge in [-0.1, -0.05) is 26.7 Å². The molecule has 0 aliphatic rings. The fraction of sp³-hybridized carbons (Fsp3) is 0.500. The van der Waals surface area contributed by atoms with Crippen LogP contribution in [0.5, 0.6) is 11.5 Å². The number of hydrogen-bond donors (Lipinski definition) is 2. The first-order valence-corrected chi connectivity index (χ1v) is 7.42. The molecule has 0 radical (unpaired) electrons. The summed E-state index contributed by atoms with van der Waals surface area (Å²) in [4.78, 5) is 22.9. The van der Waals surface area contributed by atoms with Gasteiger partial charge in [0.1, 0.15) is 22.6 Å². The molecule has 0 aliphatic carbocycles. The van der Waals surface area contributed by atoms with Crippen LogP contribution in [0.15, 0.2) is 12.1 Å². The molecule has 0 fully saturated rings. The quantitative estimate of drug-likeness (QED) is 0.643. The van der Waals surface area contributed by atoms with E-state index in [0.717, 1.165) is 25.7 Å². The third-order valence-corrected chi connectivity index (χ3v) is 3.07. The summed E-state index contributed by atoms with van der Waals surface area (Å²) in [5.41, 5.74) is -0.727. The summed E-state index contributed by atoms with van der Waals surface area (Å²) in [5.74, 6) is -2.57. The van der Waals surface area contributed by atoms with E-state index in [-0.39, 0.29) is 22.6 Å². The smallest absolute Gasteiger partial charge is 0.340 e. The molecule has 0 bridgehead atoms. The number of ether oxygens (including phenoxy) is 2. The standard InChI is InChI=1S/C16H22O6/c1-3-5-9-21-11-7-8-12(22-10-6-4-2)14(16(19)20)13(11)15(17)18/h7-8H,3-6,9-10H2,1-2H3,(H,17,18)(H,19,20). The zero-order valence-electron chi connectivity index (χ0n) is 12.9. The number of unbranched alkanes of at least 4 members (excludes halogenated alkanes) is 2. The summed E-state index contributed by atoms with van der Waals surface area (Å²) in [5, 5.41) is 18.7. The second-order valence-electron chi connectivity index (χ2n) is 4.83. The van der Waals surface area contributed by atoms with E-state index in [9.17, 15) is 19.8 Å². The molecule has 0 saturated heterocycles. The Kier molecular flexibility index (Phi) is 7.22. The van der Waals surface area contributed by atoms with E-state index in [1.54, 1.807) is 0 Å². The molecule has 0 heterocycles.